The van der Waals surface area contributed by atoms with Crippen LogP contribution in [0.25, 0.3) is 10.8 Å². The number of methoxy groups -OCH3 is 1. The van der Waals surface area contributed by atoms with Crippen LogP contribution in [-0.2, 0) is 6.42 Å². The summed E-state index contributed by atoms with van der Waals surface area (Å²) in [5, 5.41) is 11.7. The molecule has 1 N–H and O–H groups in total. The molecule has 0 heterocycles. The van der Waals surface area contributed by atoms with Crippen LogP contribution < -0.4 is 4.74 Å². The minimum atomic E-state index is 0.340. The topological polar surface area (TPSA) is 29.5 Å². The van der Waals surface area contributed by atoms with Crippen molar-refractivity contribution >= 4 is 10.8 Å². The molecule has 78 valence electrons. The quantitative estimate of drug-likeness (QED) is 0.810. The fourth-order valence-corrected chi connectivity index (χ4v) is 1.72. The summed E-state index contributed by atoms with van der Waals surface area (Å²) in [6.45, 7) is 2.07. The third-order valence-corrected chi connectivity index (χ3v) is 2.61. The normalized spacial score (nSPS) is 10.5. The van der Waals surface area contributed by atoms with Crippen LogP contribution in [0, 0.1) is 0 Å². The van der Waals surface area contributed by atoms with Gasteiger partial charge in [-0.15, -0.1) is 0 Å². The fraction of sp³-hybridized carbons (Fsp3) is 0.231. The molecule has 0 amide bonds. The van der Waals surface area contributed by atoms with Gasteiger partial charge >= 0.3 is 0 Å². The maximum absolute atomic E-state index is 9.81. The van der Waals surface area contributed by atoms with Crippen LogP contribution in [-0.4, -0.2) is 12.2 Å². The number of rotatable bonds is 2. The fourth-order valence-electron chi connectivity index (χ4n) is 1.72. The third-order valence-electron chi connectivity index (χ3n) is 2.61. The third kappa shape index (κ3) is 1.75. The molecule has 0 fully saturated rings. The first-order chi connectivity index (χ1) is 7.24. The van der Waals surface area contributed by atoms with Crippen molar-refractivity contribution < 1.29 is 9.84 Å². The minimum absolute atomic E-state index is 0.340. The Morgan fingerprint density at radius 1 is 1.20 bits per heavy atom. The molecule has 0 saturated carbocycles. The number of hydrogen-bond donors (Lipinski definition) is 1. The predicted octanol–water partition coefficient (Wildman–Crippen LogP) is 3.12. The molecule has 2 nitrogen and oxygen atoms in total. The SMILES string of the molecule is CCc1cc(O)c2ccc(OC)cc2c1. The van der Waals surface area contributed by atoms with Gasteiger partial charge < -0.3 is 9.84 Å². The highest BCUT2D eigenvalue weighted by atomic mass is 16.5. The first kappa shape index (κ1) is 9.84. The molecule has 0 radical (unpaired) electrons. The number of phenolic OH excluding ortho intramolecular Hbond substituents is 1. The molecule has 0 aromatic heterocycles. The van der Waals surface area contributed by atoms with Crippen LogP contribution in [0.15, 0.2) is 30.3 Å². The molecular weight excluding hydrogens is 188 g/mol. The van der Waals surface area contributed by atoms with E-state index in [1.807, 2.05) is 24.3 Å². The lowest BCUT2D eigenvalue weighted by atomic mass is 10.0. The van der Waals surface area contributed by atoms with Crippen LogP contribution in [0.3, 0.4) is 0 Å². The number of fused-ring (bicyclic) bond motifs is 1. The van der Waals surface area contributed by atoms with Crippen LogP contribution in [0.5, 0.6) is 11.5 Å². The van der Waals surface area contributed by atoms with Crippen molar-refractivity contribution in [3.8, 4) is 11.5 Å². The Kier molecular flexibility index (Phi) is 2.50. The van der Waals surface area contributed by atoms with Gasteiger partial charge in [-0.2, -0.15) is 0 Å². The molecule has 2 aromatic rings. The Morgan fingerprint density at radius 3 is 2.67 bits per heavy atom. The van der Waals surface area contributed by atoms with Gasteiger partial charge in [0.25, 0.3) is 0 Å². The van der Waals surface area contributed by atoms with E-state index in [4.69, 9.17) is 4.74 Å². The molecule has 0 aliphatic rings. The van der Waals surface area contributed by atoms with Crippen molar-refractivity contribution in [2.45, 2.75) is 13.3 Å². The highest BCUT2D eigenvalue weighted by Gasteiger charge is 2.03. The van der Waals surface area contributed by atoms with E-state index in [0.29, 0.717) is 5.75 Å². The Balaban J connectivity index is 2.69. The molecular formula is C13H14O2. The molecule has 0 atom stereocenters. The van der Waals surface area contributed by atoms with Gasteiger partial charge in [0.2, 0.25) is 0 Å². The van der Waals surface area contributed by atoms with Gasteiger partial charge in [-0.25, -0.2) is 0 Å². The van der Waals surface area contributed by atoms with Crippen LogP contribution in [0.1, 0.15) is 12.5 Å². The van der Waals surface area contributed by atoms with E-state index >= 15 is 0 Å². The number of phenols is 1. The summed E-state index contributed by atoms with van der Waals surface area (Å²) in [4.78, 5) is 0. The van der Waals surface area contributed by atoms with Crippen molar-refractivity contribution in [3.63, 3.8) is 0 Å². The molecule has 2 aromatic carbocycles. The predicted molar refractivity (Wildman–Crippen MR) is 61.5 cm³/mol. The number of benzene rings is 2. The van der Waals surface area contributed by atoms with Crippen molar-refractivity contribution in [2.75, 3.05) is 7.11 Å². The van der Waals surface area contributed by atoms with Gasteiger partial charge in [-0.3, -0.25) is 0 Å². The highest BCUT2D eigenvalue weighted by molar-refractivity contribution is 5.89. The molecule has 0 aliphatic carbocycles. The number of ether oxygens (including phenoxy) is 1. The maximum Gasteiger partial charge on any atom is 0.123 e. The second kappa shape index (κ2) is 3.81. The Labute approximate surface area is 89.1 Å². The second-order valence-corrected chi connectivity index (χ2v) is 3.56. The molecule has 0 aliphatic heterocycles. The largest absolute Gasteiger partial charge is 0.507 e. The van der Waals surface area contributed by atoms with E-state index in [0.717, 1.165) is 28.5 Å². The average Bonchev–Trinajstić information content (AvgIpc) is 2.28. The summed E-state index contributed by atoms with van der Waals surface area (Å²) in [6, 6.07) is 9.57. The molecule has 2 heteroatoms. The molecule has 0 bridgehead atoms. The van der Waals surface area contributed by atoms with Crippen molar-refractivity contribution in [1.82, 2.24) is 0 Å². The lowest BCUT2D eigenvalue weighted by Gasteiger charge is -2.06. The maximum atomic E-state index is 9.81. The van der Waals surface area contributed by atoms with Gasteiger partial charge in [-0.05, 0) is 41.6 Å². The van der Waals surface area contributed by atoms with E-state index in [2.05, 4.69) is 13.0 Å². The van der Waals surface area contributed by atoms with Crippen LogP contribution >= 0.6 is 0 Å². The van der Waals surface area contributed by atoms with E-state index in [9.17, 15) is 5.11 Å². The zero-order valence-electron chi connectivity index (χ0n) is 8.95. The highest BCUT2D eigenvalue weighted by Crippen LogP contribution is 2.29. The Hall–Kier alpha value is -1.70. The number of aryl methyl sites for hydroxylation is 1. The lowest BCUT2D eigenvalue weighted by Crippen LogP contribution is -1.85. The summed E-state index contributed by atoms with van der Waals surface area (Å²) in [6.07, 6.45) is 0.917. The van der Waals surface area contributed by atoms with E-state index in [-0.39, 0.29) is 0 Å². The number of hydrogen-bond acceptors (Lipinski definition) is 2. The van der Waals surface area contributed by atoms with Gasteiger partial charge in [0, 0.05) is 5.39 Å². The summed E-state index contributed by atoms with van der Waals surface area (Å²) in [7, 11) is 1.64. The van der Waals surface area contributed by atoms with Crippen molar-refractivity contribution in [3.05, 3.63) is 35.9 Å². The van der Waals surface area contributed by atoms with Gasteiger partial charge in [0.1, 0.15) is 11.5 Å². The lowest BCUT2D eigenvalue weighted by molar-refractivity contribution is 0.415. The summed E-state index contributed by atoms with van der Waals surface area (Å²) in [5.74, 6) is 1.15. The number of aromatic hydroxyl groups is 1. The van der Waals surface area contributed by atoms with Gasteiger partial charge in [-0.1, -0.05) is 13.0 Å². The molecule has 0 spiro atoms. The molecule has 0 unspecified atom stereocenters. The zero-order valence-corrected chi connectivity index (χ0v) is 8.95. The second-order valence-electron chi connectivity index (χ2n) is 3.56. The van der Waals surface area contributed by atoms with E-state index < -0.39 is 0 Å². The van der Waals surface area contributed by atoms with Crippen molar-refractivity contribution in [2.24, 2.45) is 0 Å². The van der Waals surface area contributed by atoms with Crippen LogP contribution in [0.4, 0.5) is 0 Å². The van der Waals surface area contributed by atoms with Gasteiger partial charge in [0.05, 0.1) is 7.11 Å². The van der Waals surface area contributed by atoms with Crippen LogP contribution in [0.2, 0.25) is 0 Å². The first-order valence-corrected chi connectivity index (χ1v) is 5.04. The molecule has 2 rings (SSSR count). The first-order valence-electron chi connectivity index (χ1n) is 5.04. The van der Waals surface area contributed by atoms with Gasteiger partial charge in [0.15, 0.2) is 0 Å². The molecule has 15 heavy (non-hydrogen) atoms. The smallest absolute Gasteiger partial charge is 0.123 e. The zero-order chi connectivity index (χ0) is 10.8. The summed E-state index contributed by atoms with van der Waals surface area (Å²) >= 11 is 0. The monoisotopic (exact) mass is 202 g/mol. The van der Waals surface area contributed by atoms with E-state index in [1.165, 1.54) is 0 Å². The minimum Gasteiger partial charge on any atom is -0.507 e. The van der Waals surface area contributed by atoms with Crippen molar-refractivity contribution in [1.29, 1.82) is 0 Å². The Morgan fingerprint density at radius 2 is 2.00 bits per heavy atom. The molecule has 0 saturated heterocycles. The Bertz CT molecular complexity index is 484. The average molecular weight is 202 g/mol. The summed E-state index contributed by atoms with van der Waals surface area (Å²) < 4.78 is 5.15. The summed E-state index contributed by atoms with van der Waals surface area (Å²) in [5.41, 5.74) is 1.13. The standard InChI is InChI=1S/C13H14O2/c1-3-9-6-10-8-11(15-2)4-5-12(10)13(14)7-9/h4-8,14H,3H2,1-2H3. The van der Waals surface area contributed by atoms with E-state index in [1.54, 1.807) is 7.11 Å².